The first-order valence-corrected chi connectivity index (χ1v) is 5.21. The second-order valence-corrected chi connectivity index (χ2v) is 4.20. The molecule has 0 aliphatic heterocycles. The van der Waals surface area contributed by atoms with E-state index in [4.69, 9.17) is 4.42 Å². The lowest BCUT2D eigenvalue weighted by atomic mass is 10.1. The molecule has 4 heteroatoms. The number of hydrogen-bond donors (Lipinski definition) is 1. The average molecular weight is 218 g/mol. The van der Waals surface area contributed by atoms with E-state index < -0.39 is 0 Å². The number of hydrogen-bond acceptors (Lipinski definition) is 4. The van der Waals surface area contributed by atoms with Crippen molar-refractivity contribution in [3.63, 3.8) is 0 Å². The summed E-state index contributed by atoms with van der Waals surface area (Å²) in [5.41, 5.74) is 0.572. The molecule has 0 spiro atoms. The summed E-state index contributed by atoms with van der Waals surface area (Å²) in [5, 5.41) is 11.2. The third-order valence-electron chi connectivity index (χ3n) is 2.30. The van der Waals surface area contributed by atoms with E-state index >= 15 is 0 Å². The van der Waals surface area contributed by atoms with Crippen LogP contribution in [0, 0.1) is 0 Å². The van der Waals surface area contributed by atoms with Crippen LogP contribution >= 0.6 is 11.3 Å². The molecule has 2 aromatic carbocycles. The maximum absolute atomic E-state index is 11.1. The van der Waals surface area contributed by atoms with Crippen LogP contribution in [0.1, 0.15) is 0 Å². The standard InChI is InChI=1S/C11H6O3S/c12-7-3-1-6-2-4-9-10(8(6)5-7)15-11(13)14-9/h1-5,12H. The first-order chi connectivity index (χ1) is 7.24. The van der Waals surface area contributed by atoms with Crippen LogP contribution in [0.15, 0.2) is 39.5 Å². The van der Waals surface area contributed by atoms with Gasteiger partial charge in [0.25, 0.3) is 0 Å². The molecular weight excluding hydrogens is 212 g/mol. The van der Waals surface area contributed by atoms with E-state index in [0.717, 1.165) is 26.8 Å². The predicted octanol–water partition coefficient (Wildman–Crippen LogP) is 2.71. The van der Waals surface area contributed by atoms with Crippen molar-refractivity contribution in [2.75, 3.05) is 0 Å². The Balaban J connectivity index is 2.62. The smallest absolute Gasteiger partial charge is 0.396 e. The number of phenols is 1. The number of rotatable bonds is 0. The SMILES string of the molecule is O=c1oc2ccc3ccc(O)cc3c2s1. The number of benzene rings is 2. The number of fused-ring (bicyclic) bond motifs is 3. The van der Waals surface area contributed by atoms with Crippen molar-refractivity contribution in [3.05, 3.63) is 40.1 Å². The summed E-state index contributed by atoms with van der Waals surface area (Å²) in [6.45, 7) is 0. The van der Waals surface area contributed by atoms with Crippen LogP contribution in [0.5, 0.6) is 5.75 Å². The van der Waals surface area contributed by atoms with Crippen molar-refractivity contribution in [1.29, 1.82) is 0 Å². The van der Waals surface area contributed by atoms with Crippen molar-refractivity contribution in [1.82, 2.24) is 0 Å². The lowest BCUT2D eigenvalue weighted by molar-refractivity contribution is 0.476. The van der Waals surface area contributed by atoms with Gasteiger partial charge in [-0.15, -0.1) is 0 Å². The van der Waals surface area contributed by atoms with Crippen LogP contribution in [0.4, 0.5) is 0 Å². The maximum Gasteiger partial charge on any atom is 0.396 e. The van der Waals surface area contributed by atoms with E-state index in [1.807, 2.05) is 12.1 Å². The van der Waals surface area contributed by atoms with E-state index in [0.29, 0.717) is 5.58 Å². The second kappa shape index (κ2) is 2.84. The monoisotopic (exact) mass is 218 g/mol. The van der Waals surface area contributed by atoms with E-state index in [1.165, 1.54) is 0 Å². The average Bonchev–Trinajstić information content (AvgIpc) is 2.58. The molecule has 0 aliphatic rings. The minimum Gasteiger partial charge on any atom is -0.508 e. The van der Waals surface area contributed by atoms with Gasteiger partial charge in [0.2, 0.25) is 0 Å². The molecule has 3 rings (SSSR count). The van der Waals surface area contributed by atoms with Crippen molar-refractivity contribution in [2.24, 2.45) is 0 Å². The van der Waals surface area contributed by atoms with Crippen LogP contribution in [-0.2, 0) is 0 Å². The molecule has 0 bridgehead atoms. The molecule has 1 aromatic heterocycles. The first kappa shape index (κ1) is 8.49. The molecule has 15 heavy (non-hydrogen) atoms. The molecule has 3 nitrogen and oxygen atoms in total. The van der Waals surface area contributed by atoms with Crippen LogP contribution < -0.4 is 4.94 Å². The summed E-state index contributed by atoms with van der Waals surface area (Å²) < 4.78 is 5.78. The summed E-state index contributed by atoms with van der Waals surface area (Å²) in [6.07, 6.45) is 0. The molecule has 0 unspecified atom stereocenters. The molecule has 1 heterocycles. The highest BCUT2D eigenvalue weighted by Crippen LogP contribution is 2.29. The van der Waals surface area contributed by atoms with E-state index in [1.54, 1.807) is 18.2 Å². The molecule has 0 aliphatic carbocycles. The van der Waals surface area contributed by atoms with E-state index in [-0.39, 0.29) is 10.7 Å². The van der Waals surface area contributed by atoms with Gasteiger partial charge in [-0.05, 0) is 23.6 Å². The molecule has 1 N–H and O–H groups in total. The lowest BCUT2D eigenvalue weighted by Gasteiger charge is -1.98. The third kappa shape index (κ3) is 1.22. The summed E-state index contributed by atoms with van der Waals surface area (Å²) in [4.78, 5) is 10.8. The second-order valence-electron chi connectivity index (χ2n) is 3.25. The summed E-state index contributed by atoms with van der Waals surface area (Å²) in [7, 11) is 0. The van der Waals surface area contributed by atoms with Crippen molar-refractivity contribution >= 4 is 32.4 Å². The zero-order valence-corrected chi connectivity index (χ0v) is 8.38. The van der Waals surface area contributed by atoms with Crippen LogP contribution in [0.2, 0.25) is 0 Å². The van der Waals surface area contributed by atoms with Gasteiger partial charge in [0.15, 0.2) is 0 Å². The third-order valence-corrected chi connectivity index (χ3v) is 3.17. The summed E-state index contributed by atoms with van der Waals surface area (Å²) in [6, 6.07) is 8.72. The fourth-order valence-electron chi connectivity index (χ4n) is 1.64. The van der Waals surface area contributed by atoms with Gasteiger partial charge in [0.05, 0.1) is 4.70 Å². The van der Waals surface area contributed by atoms with Crippen molar-refractivity contribution in [2.45, 2.75) is 0 Å². The Bertz CT molecular complexity index is 708. The van der Waals surface area contributed by atoms with Gasteiger partial charge in [-0.25, -0.2) is 4.79 Å². The Morgan fingerprint density at radius 2 is 2.00 bits per heavy atom. The summed E-state index contributed by atoms with van der Waals surface area (Å²) >= 11 is 1.06. The maximum atomic E-state index is 11.1. The van der Waals surface area contributed by atoms with Gasteiger partial charge in [-0.2, -0.15) is 0 Å². The topological polar surface area (TPSA) is 50.4 Å². The molecule has 0 saturated carbocycles. The highest BCUT2D eigenvalue weighted by atomic mass is 32.1. The molecule has 3 aromatic rings. The fourth-order valence-corrected chi connectivity index (χ4v) is 2.43. The Morgan fingerprint density at radius 3 is 2.87 bits per heavy atom. The first-order valence-electron chi connectivity index (χ1n) is 4.39. The Hall–Kier alpha value is -1.81. The minimum atomic E-state index is -0.319. The van der Waals surface area contributed by atoms with Crippen LogP contribution in [-0.4, -0.2) is 5.11 Å². The highest BCUT2D eigenvalue weighted by molar-refractivity contribution is 7.17. The Labute approximate surface area is 88.2 Å². The largest absolute Gasteiger partial charge is 0.508 e. The van der Waals surface area contributed by atoms with Crippen molar-refractivity contribution < 1.29 is 9.52 Å². The zero-order chi connectivity index (χ0) is 10.4. The van der Waals surface area contributed by atoms with Gasteiger partial charge >= 0.3 is 4.94 Å². The van der Waals surface area contributed by atoms with Gasteiger partial charge in [0.1, 0.15) is 11.3 Å². The normalized spacial score (nSPS) is 11.2. The lowest BCUT2D eigenvalue weighted by Crippen LogP contribution is -1.79. The minimum absolute atomic E-state index is 0.191. The van der Waals surface area contributed by atoms with E-state index in [9.17, 15) is 9.90 Å². The number of phenolic OH excluding ortho intramolecular Hbond substituents is 1. The molecule has 0 fully saturated rings. The molecule has 74 valence electrons. The van der Waals surface area contributed by atoms with Gasteiger partial charge in [0, 0.05) is 5.39 Å². The fraction of sp³-hybridized carbons (Fsp3) is 0. The van der Waals surface area contributed by atoms with Crippen LogP contribution in [0.3, 0.4) is 0 Å². The number of aromatic hydroxyl groups is 1. The molecular formula is C11H6O3S. The van der Waals surface area contributed by atoms with Gasteiger partial charge in [-0.1, -0.05) is 23.5 Å². The Morgan fingerprint density at radius 1 is 1.20 bits per heavy atom. The molecule has 0 amide bonds. The predicted molar refractivity (Wildman–Crippen MR) is 59.5 cm³/mol. The molecule has 0 atom stereocenters. The summed E-state index contributed by atoms with van der Waals surface area (Å²) in [5.74, 6) is 0.191. The van der Waals surface area contributed by atoms with Gasteiger partial charge in [-0.3, -0.25) is 0 Å². The molecule has 0 radical (unpaired) electrons. The highest BCUT2D eigenvalue weighted by Gasteiger charge is 2.06. The van der Waals surface area contributed by atoms with Gasteiger partial charge < -0.3 is 9.52 Å². The van der Waals surface area contributed by atoms with Crippen LogP contribution in [0.25, 0.3) is 21.1 Å². The molecule has 0 saturated heterocycles. The zero-order valence-electron chi connectivity index (χ0n) is 7.56. The Kier molecular flexibility index (Phi) is 1.61. The quantitative estimate of drug-likeness (QED) is 0.631. The van der Waals surface area contributed by atoms with E-state index in [2.05, 4.69) is 0 Å². The van der Waals surface area contributed by atoms with Crippen molar-refractivity contribution in [3.8, 4) is 5.75 Å².